The van der Waals surface area contributed by atoms with Crippen molar-refractivity contribution < 1.29 is 8.78 Å². The molecule has 0 aromatic heterocycles. The van der Waals surface area contributed by atoms with Crippen LogP contribution >= 0.6 is 0 Å². The molecule has 0 rings (SSSR count). The summed E-state index contributed by atoms with van der Waals surface area (Å²) in [6.07, 6.45) is 2.71. The molecule has 1 N–H and O–H groups in total. The van der Waals surface area contributed by atoms with Crippen molar-refractivity contribution in [3.8, 4) is 0 Å². The summed E-state index contributed by atoms with van der Waals surface area (Å²) < 4.78 is 24.4. The van der Waals surface area contributed by atoms with Crippen LogP contribution in [0.1, 0.15) is 39.0 Å². The van der Waals surface area contributed by atoms with Crippen LogP contribution in [-0.2, 0) is 0 Å². The van der Waals surface area contributed by atoms with Crippen LogP contribution in [0, 0.1) is 0 Å². The number of unbranched alkanes of at least 4 members (excludes halogenated alkanes) is 2. The van der Waals surface area contributed by atoms with Crippen LogP contribution in [0.25, 0.3) is 0 Å². The van der Waals surface area contributed by atoms with Crippen molar-refractivity contribution in [3.63, 3.8) is 0 Å². The topological polar surface area (TPSA) is 12.0 Å². The van der Waals surface area contributed by atoms with Gasteiger partial charge in [-0.15, -0.1) is 0 Å². The summed E-state index contributed by atoms with van der Waals surface area (Å²) in [4.78, 5) is 0. The first-order chi connectivity index (χ1) is 5.81. The monoisotopic (exact) mass is 179 g/mol. The molecule has 0 heterocycles. The highest BCUT2D eigenvalue weighted by Crippen LogP contribution is 2.04. The van der Waals surface area contributed by atoms with E-state index in [4.69, 9.17) is 0 Å². The molecule has 1 unspecified atom stereocenters. The van der Waals surface area contributed by atoms with Crippen molar-refractivity contribution in [2.75, 3.05) is 13.2 Å². The maximum Gasteiger partial charge on any atom is 0.151 e. The van der Waals surface area contributed by atoms with Gasteiger partial charge in [0, 0.05) is 0 Å². The number of alkyl halides is 2. The van der Waals surface area contributed by atoms with Crippen LogP contribution in [0.15, 0.2) is 0 Å². The number of hydrogen-bond acceptors (Lipinski definition) is 1. The lowest BCUT2D eigenvalue weighted by atomic mass is 10.2. The van der Waals surface area contributed by atoms with Crippen LogP contribution in [0.4, 0.5) is 8.78 Å². The first-order valence-electron chi connectivity index (χ1n) is 4.74. The van der Waals surface area contributed by atoms with Gasteiger partial charge in [-0.3, -0.25) is 9.71 Å². The molecule has 0 fully saturated rings. The second kappa shape index (κ2) is 8.91. The molecule has 12 heavy (non-hydrogen) atoms. The van der Waals surface area contributed by atoms with Crippen LogP contribution in [0.3, 0.4) is 0 Å². The Balaban J connectivity index is 3.02. The average molecular weight is 179 g/mol. The first kappa shape index (κ1) is 11.8. The third-order valence-corrected chi connectivity index (χ3v) is 1.71. The van der Waals surface area contributed by atoms with Crippen LogP contribution in [0.2, 0.25) is 0 Å². The van der Waals surface area contributed by atoms with Gasteiger partial charge in [0.25, 0.3) is 0 Å². The average Bonchev–Trinajstić information content (AvgIpc) is 2.09. The van der Waals surface area contributed by atoms with E-state index >= 15 is 0 Å². The summed E-state index contributed by atoms with van der Waals surface area (Å²) in [5.74, 6) is 0. The highest BCUT2D eigenvalue weighted by molar-refractivity contribution is 4.53. The third-order valence-electron chi connectivity index (χ3n) is 1.71. The van der Waals surface area contributed by atoms with E-state index in [0.717, 1.165) is 25.8 Å². The molecule has 0 aromatic carbocycles. The fourth-order valence-electron chi connectivity index (χ4n) is 0.998. The molecule has 0 saturated carbocycles. The van der Waals surface area contributed by atoms with Crippen LogP contribution in [0.5, 0.6) is 0 Å². The van der Waals surface area contributed by atoms with Gasteiger partial charge in [-0.25, -0.2) is 4.39 Å². The molecule has 0 saturated heterocycles. The molecule has 3 heteroatoms. The smallest absolute Gasteiger partial charge is 0.151 e. The van der Waals surface area contributed by atoms with Crippen LogP contribution in [-0.4, -0.2) is 19.5 Å². The zero-order valence-corrected chi connectivity index (χ0v) is 7.78. The predicted octanol–water partition coefficient (Wildman–Crippen LogP) is 2.81. The van der Waals surface area contributed by atoms with Crippen molar-refractivity contribution in [1.29, 1.82) is 0 Å². The summed E-state index contributed by atoms with van der Waals surface area (Å²) in [7, 11) is 0. The van der Waals surface area contributed by atoms with E-state index in [-0.39, 0.29) is 6.67 Å². The Bertz CT molecular complexity index is 88.6. The van der Waals surface area contributed by atoms with Crippen molar-refractivity contribution in [2.24, 2.45) is 0 Å². The largest absolute Gasteiger partial charge is 0.288 e. The Morgan fingerprint density at radius 3 is 2.58 bits per heavy atom. The molecule has 74 valence electrons. The van der Waals surface area contributed by atoms with E-state index in [2.05, 4.69) is 5.32 Å². The van der Waals surface area contributed by atoms with Gasteiger partial charge in [0.2, 0.25) is 0 Å². The summed E-state index contributed by atoms with van der Waals surface area (Å²) in [5.41, 5.74) is 0. The Morgan fingerprint density at radius 1 is 1.25 bits per heavy atom. The van der Waals surface area contributed by atoms with Crippen molar-refractivity contribution >= 4 is 0 Å². The van der Waals surface area contributed by atoms with E-state index in [1.807, 2.05) is 6.92 Å². The van der Waals surface area contributed by atoms with Gasteiger partial charge < -0.3 is 0 Å². The Hall–Kier alpha value is -0.180. The lowest BCUT2D eigenvalue weighted by Gasteiger charge is -2.08. The molecule has 0 aromatic rings. The number of hydrogen-bond donors (Lipinski definition) is 1. The van der Waals surface area contributed by atoms with Crippen molar-refractivity contribution in [3.05, 3.63) is 0 Å². The molecule has 0 aliphatic heterocycles. The number of nitrogens with one attached hydrogen (secondary N) is 1. The van der Waals surface area contributed by atoms with Crippen molar-refractivity contribution in [2.45, 2.75) is 45.3 Å². The Labute approximate surface area is 73.5 Å². The molecule has 0 radical (unpaired) electrons. The second-order valence-electron chi connectivity index (χ2n) is 2.96. The van der Waals surface area contributed by atoms with E-state index in [0.29, 0.717) is 12.8 Å². The zero-order valence-electron chi connectivity index (χ0n) is 7.78. The van der Waals surface area contributed by atoms with Gasteiger partial charge in [-0.2, -0.15) is 0 Å². The molecule has 0 aliphatic rings. The van der Waals surface area contributed by atoms with Gasteiger partial charge in [-0.05, 0) is 32.2 Å². The van der Waals surface area contributed by atoms with E-state index < -0.39 is 6.30 Å². The minimum Gasteiger partial charge on any atom is -0.288 e. The second-order valence-corrected chi connectivity index (χ2v) is 2.96. The van der Waals surface area contributed by atoms with Gasteiger partial charge in [0.1, 0.15) is 0 Å². The molecular weight excluding hydrogens is 160 g/mol. The Kier molecular flexibility index (Phi) is 8.78. The number of halogens is 2. The molecule has 1 atom stereocenters. The quantitative estimate of drug-likeness (QED) is 0.446. The predicted molar refractivity (Wildman–Crippen MR) is 47.6 cm³/mol. The summed E-state index contributed by atoms with van der Waals surface area (Å²) in [5, 5.41) is 2.75. The molecule has 0 bridgehead atoms. The lowest BCUT2D eigenvalue weighted by Crippen LogP contribution is -2.25. The Morgan fingerprint density at radius 2 is 2.00 bits per heavy atom. The fraction of sp³-hybridized carbons (Fsp3) is 1.00. The summed E-state index contributed by atoms with van der Waals surface area (Å²) in [6.45, 7) is 2.45. The van der Waals surface area contributed by atoms with Gasteiger partial charge >= 0.3 is 0 Å². The van der Waals surface area contributed by atoms with E-state index in [1.54, 1.807) is 0 Å². The zero-order chi connectivity index (χ0) is 9.23. The number of rotatable bonds is 8. The minimum atomic E-state index is -0.899. The van der Waals surface area contributed by atoms with Gasteiger partial charge in [-0.1, -0.05) is 13.3 Å². The van der Waals surface area contributed by atoms with E-state index in [9.17, 15) is 8.78 Å². The van der Waals surface area contributed by atoms with Crippen LogP contribution < -0.4 is 5.32 Å². The summed E-state index contributed by atoms with van der Waals surface area (Å²) >= 11 is 0. The SMILES string of the molecule is CCCNC(F)CCCCCF. The highest BCUT2D eigenvalue weighted by Gasteiger charge is 2.02. The molecule has 0 spiro atoms. The maximum atomic E-state index is 12.8. The molecule has 0 aliphatic carbocycles. The van der Waals surface area contributed by atoms with Gasteiger partial charge in [0.15, 0.2) is 6.30 Å². The summed E-state index contributed by atoms with van der Waals surface area (Å²) in [6, 6.07) is 0. The first-order valence-corrected chi connectivity index (χ1v) is 4.74. The third kappa shape index (κ3) is 7.92. The van der Waals surface area contributed by atoms with Gasteiger partial charge in [0.05, 0.1) is 6.67 Å². The molecular formula is C9H19F2N. The maximum absolute atomic E-state index is 12.8. The van der Waals surface area contributed by atoms with E-state index in [1.165, 1.54) is 0 Å². The minimum absolute atomic E-state index is 0.278. The lowest BCUT2D eigenvalue weighted by molar-refractivity contribution is 0.250. The molecule has 1 nitrogen and oxygen atoms in total. The highest BCUT2D eigenvalue weighted by atomic mass is 19.1. The van der Waals surface area contributed by atoms with Crippen molar-refractivity contribution in [1.82, 2.24) is 5.32 Å². The normalized spacial score (nSPS) is 13.2. The fourth-order valence-corrected chi connectivity index (χ4v) is 0.998. The molecule has 0 amide bonds. The standard InChI is InChI=1S/C9H19F2N/c1-2-8-12-9(11)6-4-3-5-7-10/h9,12H,2-8H2,1H3.